The number of hydrogen-bond acceptors (Lipinski definition) is 4. The number of nitrogens with one attached hydrogen (secondary N) is 2. The van der Waals surface area contributed by atoms with Crippen LogP contribution in [0.2, 0.25) is 0 Å². The lowest BCUT2D eigenvalue weighted by Gasteiger charge is -2.33. The van der Waals surface area contributed by atoms with Gasteiger partial charge in [-0.1, -0.05) is 15.9 Å². The van der Waals surface area contributed by atoms with Crippen LogP contribution in [0.25, 0.3) is 0 Å². The molecule has 2 atom stereocenters. The first kappa shape index (κ1) is 18.5. The Balaban J connectivity index is 1.78. The highest BCUT2D eigenvalue weighted by Crippen LogP contribution is 2.33. The fraction of sp³-hybridized carbons (Fsp3) is 0.400. The molecule has 11 heteroatoms. The Morgan fingerprint density at radius 3 is 2.73 bits per heavy atom. The fourth-order valence-electron chi connectivity index (χ4n) is 3.09. The minimum Gasteiger partial charge on any atom is -0.404 e. The predicted molar refractivity (Wildman–Crippen MR) is 86.1 cm³/mol. The highest BCUT2D eigenvalue weighted by Gasteiger charge is 2.46. The summed E-state index contributed by atoms with van der Waals surface area (Å²) in [6.45, 7) is 0.245. The molecule has 2 N–H and O–H groups in total. The van der Waals surface area contributed by atoms with Crippen LogP contribution in [0.1, 0.15) is 12.8 Å². The van der Waals surface area contributed by atoms with Crippen molar-refractivity contribution in [1.29, 1.82) is 0 Å². The molecular formula is C15H13BrF3N3O4. The number of halogens is 4. The molecule has 2 aliphatic rings. The Hall–Kier alpha value is -2.30. The Kier molecular flexibility index (Phi) is 4.82. The SMILES string of the molecule is O=C(Nc1ccc(Br)cc1OC(F)(F)F)C(=O)N1C2CCC1C(=O)NC2. The molecule has 0 radical (unpaired) electrons. The minimum absolute atomic E-state index is 0.245. The zero-order valence-electron chi connectivity index (χ0n) is 13.1. The molecule has 2 bridgehead atoms. The van der Waals surface area contributed by atoms with Crippen molar-refractivity contribution >= 4 is 39.3 Å². The highest BCUT2D eigenvalue weighted by molar-refractivity contribution is 9.10. The summed E-state index contributed by atoms with van der Waals surface area (Å²) in [4.78, 5) is 37.7. The highest BCUT2D eigenvalue weighted by atomic mass is 79.9. The lowest BCUT2D eigenvalue weighted by atomic mass is 10.2. The van der Waals surface area contributed by atoms with Crippen molar-refractivity contribution in [2.75, 3.05) is 11.9 Å². The number of fused-ring (bicyclic) bond motifs is 2. The van der Waals surface area contributed by atoms with E-state index in [1.807, 2.05) is 0 Å². The molecule has 0 saturated carbocycles. The van der Waals surface area contributed by atoms with Crippen LogP contribution in [-0.4, -0.2) is 47.6 Å². The van der Waals surface area contributed by atoms with E-state index in [9.17, 15) is 27.6 Å². The van der Waals surface area contributed by atoms with Gasteiger partial charge in [0.2, 0.25) is 5.91 Å². The molecule has 1 aromatic rings. The van der Waals surface area contributed by atoms with Gasteiger partial charge in [-0.2, -0.15) is 0 Å². The number of carbonyl (C=O) groups excluding carboxylic acids is 3. The number of benzene rings is 1. The second-order valence-corrected chi connectivity index (χ2v) is 6.76. The third-order valence-corrected chi connectivity index (χ3v) is 4.66. The standard InChI is InChI=1S/C15H13BrF3N3O4/c16-7-1-3-9(11(5-7)26-15(17,18)19)21-13(24)14(25)22-8-2-4-10(22)12(23)20-6-8/h1,3,5,8,10H,2,4,6H2,(H,20,23)(H,21,24). The maximum Gasteiger partial charge on any atom is 0.573 e. The molecule has 0 aromatic heterocycles. The summed E-state index contributed by atoms with van der Waals surface area (Å²) in [5.41, 5.74) is -0.308. The zero-order valence-corrected chi connectivity index (χ0v) is 14.7. The summed E-state index contributed by atoms with van der Waals surface area (Å²) in [7, 11) is 0. The van der Waals surface area contributed by atoms with E-state index >= 15 is 0 Å². The van der Waals surface area contributed by atoms with E-state index in [-0.39, 0.29) is 24.2 Å². The van der Waals surface area contributed by atoms with Gasteiger partial charge in [-0.25, -0.2) is 0 Å². The molecule has 2 heterocycles. The zero-order chi connectivity index (χ0) is 19.1. The third kappa shape index (κ3) is 3.76. The molecule has 0 spiro atoms. The van der Waals surface area contributed by atoms with Crippen LogP contribution < -0.4 is 15.4 Å². The molecule has 1 aromatic carbocycles. The van der Waals surface area contributed by atoms with E-state index in [2.05, 4.69) is 31.3 Å². The third-order valence-electron chi connectivity index (χ3n) is 4.16. The monoisotopic (exact) mass is 435 g/mol. The van der Waals surface area contributed by atoms with Gasteiger partial charge in [0.1, 0.15) is 6.04 Å². The molecule has 2 fully saturated rings. The van der Waals surface area contributed by atoms with Crippen molar-refractivity contribution in [3.63, 3.8) is 0 Å². The van der Waals surface area contributed by atoms with Gasteiger partial charge in [0.15, 0.2) is 5.75 Å². The Morgan fingerprint density at radius 1 is 1.31 bits per heavy atom. The molecule has 140 valence electrons. The summed E-state index contributed by atoms with van der Waals surface area (Å²) in [5.74, 6) is -3.10. The van der Waals surface area contributed by atoms with Gasteiger partial charge in [0.05, 0.1) is 11.7 Å². The van der Waals surface area contributed by atoms with Crippen LogP contribution in [0, 0.1) is 0 Å². The summed E-state index contributed by atoms with van der Waals surface area (Å²) in [5, 5.41) is 4.78. The second-order valence-electron chi connectivity index (χ2n) is 5.85. The van der Waals surface area contributed by atoms with Crippen molar-refractivity contribution in [2.24, 2.45) is 0 Å². The van der Waals surface area contributed by atoms with Gasteiger partial charge in [0, 0.05) is 11.0 Å². The number of hydrogen-bond donors (Lipinski definition) is 2. The number of carbonyl (C=O) groups is 3. The summed E-state index contributed by atoms with van der Waals surface area (Å²) in [6.07, 6.45) is -3.95. The van der Waals surface area contributed by atoms with Crippen LogP contribution in [0.4, 0.5) is 18.9 Å². The van der Waals surface area contributed by atoms with E-state index in [4.69, 9.17) is 0 Å². The van der Waals surface area contributed by atoms with E-state index in [1.54, 1.807) is 0 Å². The number of alkyl halides is 3. The minimum atomic E-state index is -4.96. The van der Waals surface area contributed by atoms with Gasteiger partial charge < -0.3 is 20.3 Å². The van der Waals surface area contributed by atoms with Gasteiger partial charge in [-0.05, 0) is 31.0 Å². The fourth-order valence-corrected chi connectivity index (χ4v) is 3.43. The lowest BCUT2D eigenvalue weighted by Crippen LogP contribution is -2.59. The topological polar surface area (TPSA) is 87.7 Å². The average molecular weight is 436 g/mol. The number of anilines is 1. The van der Waals surface area contributed by atoms with Crippen LogP contribution in [0.15, 0.2) is 22.7 Å². The van der Waals surface area contributed by atoms with Gasteiger partial charge in [0.25, 0.3) is 0 Å². The molecule has 2 saturated heterocycles. The summed E-state index contributed by atoms with van der Waals surface area (Å²) < 4.78 is 41.7. The number of nitrogens with zero attached hydrogens (tertiary/aromatic N) is 1. The predicted octanol–water partition coefficient (Wildman–Crippen LogP) is 1.78. The molecular weight excluding hydrogens is 423 g/mol. The summed E-state index contributed by atoms with van der Waals surface area (Å²) in [6, 6.07) is 2.55. The maximum atomic E-state index is 12.5. The normalized spacial score (nSPS) is 22.0. The second kappa shape index (κ2) is 6.78. The van der Waals surface area contributed by atoms with E-state index in [1.165, 1.54) is 17.0 Å². The lowest BCUT2D eigenvalue weighted by molar-refractivity contribution is -0.274. The molecule has 26 heavy (non-hydrogen) atoms. The summed E-state index contributed by atoms with van der Waals surface area (Å²) >= 11 is 3.01. The molecule has 2 unspecified atom stereocenters. The number of rotatable bonds is 2. The van der Waals surface area contributed by atoms with Gasteiger partial charge in [-0.3, -0.25) is 14.4 Å². The first-order chi connectivity index (χ1) is 12.2. The van der Waals surface area contributed by atoms with Crippen molar-refractivity contribution in [2.45, 2.75) is 31.3 Å². The molecule has 0 aliphatic carbocycles. The Morgan fingerprint density at radius 2 is 2.04 bits per heavy atom. The van der Waals surface area contributed by atoms with Gasteiger partial charge in [-0.15, -0.1) is 13.2 Å². The molecule has 3 rings (SSSR count). The van der Waals surface area contributed by atoms with Gasteiger partial charge >= 0.3 is 18.2 Å². The van der Waals surface area contributed by atoms with Crippen LogP contribution in [0.3, 0.4) is 0 Å². The largest absolute Gasteiger partial charge is 0.573 e. The van der Waals surface area contributed by atoms with Crippen molar-refractivity contribution in [3.05, 3.63) is 22.7 Å². The maximum absolute atomic E-state index is 12.5. The molecule has 3 amide bonds. The van der Waals surface area contributed by atoms with Crippen LogP contribution in [0.5, 0.6) is 5.75 Å². The van der Waals surface area contributed by atoms with Crippen molar-refractivity contribution < 1.29 is 32.3 Å². The first-order valence-corrected chi connectivity index (χ1v) is 8.41. The first-order valence-electron chi connectivity index (χ1n) is 7.62. The van der Waals surface area contributed by atoms with Crippen molar-refractivity contribution in [3.8, 4) is 5.75 Å². The molecule has 2 aliphatic heterocycles. The van der Waals surface area contributed by atoms with E-state index in [0.717, 1.165) is 6.07 Å². The smallest absolute Gasteiger partial charge is 0.404 e. The number of piperazine rings is 1. The van der Waals surface area contributed by atoms with Crippen LogP contribution in [-0.2, 0) is 14.4 Å². The number of ether oxygens (including phenoxy) is 1. The van der Waals surface area contributed by atoms with E-state index in [0.29, 0.717) is 17.3 Å². The average Bonchev–Trinajstić information content (AvgIpc) is 2.87. The van der Waals surface area contributed by atoms with Crippen LogP contribution >= 0.6 is 15.9 Å². The molecule has 7 nitrogen and oxygen atoms in total. The quantitative estimate of drug-likeness (QED) is 0.693. The Bertz CT molecular complexity index is 771. The van der Waals surface area contributed by atoms with Crippen molar-refractivity contribution in [1.82, 2.24) is 10.2 Å². The Labute approximate surface area is 154 Å². The van der Waals surface area contributed by atoms with E-state index < -0.39 is 30.0 Å². The number of amides is 3.